The number of piperidine rings is 1. The van der Waals surface area contributed by atoms with E-state index in [0.717, 1.165) is 5.92 Å². The fourth-order valence-electron chi connectivity index (χ4n) is 3.08. The number of hydrogen-bond donors (Lipinski definition) is 1. The summed E-state index contributed by atoms with van der Waals surface area (Å²) in [6.45, 7) is 5.10. The van der Waals surface area contributed by atoms with Crippen LogP contribution in [0.4, 0.5) is 0 Å². The largest absolute Gasteiger partial charge is 0.311 e. The van der Waals surface area contributed by atoms with E-state index in [9.17, 15) is 0 Å². The van der Waals surface area contributed by atoms with Crippen molar-refractivity contribution in [3.8, 4) is 0 Å². The van der Waals surface area contributed by atoms with Gasteiger partial charge in [-0.25, -0.2) is 0 Å². The van der Waals surface area contributed by atoms with E-state index >= 15 is 0 Å². The van der Waals surface area contributed by atoms with Crippen LogP contribution >= 0.6 is 0 Å². The average Bonchev–Trinajstić information content (AvgIpc) is 2.48. The molecule has 0 unspecified atom stereocenters. The van der Waals surface area contributed by atoms with Crippen molar-refractivity contribution in [1.82, 2.24) is 5.32 Å². The molecule has 1 saturated carbocycles. The lowest BCUT2D eigenvalue weighted by atomic mass is 9.78. The maximum Gasteiger partial charge on any atom is 0.0243 e. The third kappa shape index (κ3) is 1.20. The van der Waals surface area contributed by atoms with Gasteiger partial charge in [0.2, 0.25) is 0 Å². The molecule has 12 heavy (non-hydrogen) atoms. The fraction of sp³-hybridized carbons (Fsp3) is 0.818. The van der Waals surface area contributed by atoms with Crippen LogP contribution in [-0.4, -0.2) is 12.1 Å². The van der Waals surface area contributed by atoms with Gasteiger partial charge in [-0.05, 0) is 44.6 Å². The highest BCUT2D eigenvalue weighted by molar-refractivity contribution is 5.04. The summed E-state index contributed by atoms with van der Waals surface area (Å²) >= 11 is 0. The van der Waals surface area contributed by atoms with Crippen molar-refractivity contribution in [2.45, 2.75) is 44.1 Å². The second-order valence-corrected chi connectivity index (χ2v) is 4.31. The van der Waals surface area contributed by atoms with Crippen LogP contribution in [0.1, 0.15) is 38.5 Å². The molecule has 1 heteroatoms. The van der Waals surface area contributed by atoms with Crippen LogP contribution in [0.2, 0.25) is 0 Å². The lowest BCUT2D eigenvalue weighted by molar-refractivity contribution is 0.193. The zero-order chi connectivity index (χ0) is 8.44. The number of nitrogens with one attached hydrogen (secondary N) is 1. The van der Waals surface area contributed by atoms with Gasteiger partial charge in [-0.1, -0.05) is 12.5 Å². The van der Waals surface area contributed by atoms with Crippen molar-refractivity contribution >= 4 is 0 Å². The van der Waals surface area contributed by atoms with Gasteiger partial charge in [0, 0.05) is 5.54 Å². The molecule has 2 rings (SSSR count). The normalized spacial score (nSPS) is 40.8. The molecule has 1 N–H and O–H groups in total. The van der Waals surface area contributed by atoms with Crippen LogP contribution in [0.25, 0.3) is 0 Å². The molecule has 0 radical (unpaired) electrons. The summed E-state index contributed by atoms with van der Waals surface area (Å²) in [6.07, 6.45) is 10.3. The maximum absolute atomic E-state index is 3.87. The van der Waals surface area contributed by atoms with Gasteiger partial charge in [0.25, 0.3) is 0 Å². The average molecular weight is 165 g/mol. The van der Waals surface area contributed by atoms with Gasteiger partial charge in [0.1, 0.15) is 0 Å². The lowest BCUT2D eigenvalue weighted by Gasteiger charge is -2.40. The Labute approximate surface area is 75.2 Å². The van der Waals surface area contributed by atoms with Crippen LogP contribution in [0.3, 0.4) is 0 Å². The van der Waals surface area contributed by atoms with Crippen molar-refractivity contribution in [3.63, 3.8) is 0 Å². The molecule has 2 atom stereocenters. The molecule has 0 aromatic carbocycles. The summed E-state index contributed by atoms with van der Waals surface area (Å²) in [5.41, 5.74) is 0.472. The minimum atomic E-state index is 0.472. The summed E-state index contributed by atoms with van der Waals surface area (Å²) in [7, 11) is 0. The van der Waals surface area contributed by atoms with E-state index in [1.807, 2.05) is 0 Å². The highest BCUT2D eigenvalue weighted by atomic mass is 15.0. The minimum Gasteiger partial charge on any atom is -0.311 e. The number of rotatable bonds is 2. The Morgan fingerprint density at radius 1 is 1.42 bits per heavy atom. The fourth-order valence-corrected chi connectivity index (χ4v) is 3.08. The Balaban J connectivity index is 2.11. The molecular formula is C11H19N. The van der Waals surface area contributed by atoms with Gasteiger partial charge in [-0.2, -0.15) is 0 Å². The summed E-state index contributed by atoms with van der Waals surface area (Å²) < 4.78 is 0. The molecule has 0 aromatic rings. The highest BCUT2D eigenvalue weighted by Crippen LogP contribution is 2.42. The summed E-state index contributed by atoms with van der Waals surface area (Å²) in [5.74, 6) is 0.948. The summed E-state index contributed by atoms with van der Waals surface area (Å²) in [6, 6.07) is 0. The Bertz CT molecular complexity index is 176. The topological polar surface area (TPSA) is 12.0 Å². The maximum atomic E-state index is 3.87. The van der Waals surface area contributed by atoms with Gasteiger partial charge >= 0.3 is 0 Å². The second-order valence-electron chi connectivity index (χ2n) is 4.31. The Hall–Kier alpha value is -0.300. The van der Waals surface area contributed by atoms with Gasteiger partial charge in [-0.15, -0.1) is 6.58 Å². The zero-order valence-electron chi connectivity index (χ0n) is 7.81. The molecule has 1 aliphatic carbocycles. The second kappa shape index (κ2) is 3.21. The van der Waals surface area contributed by atoms with Crippen molar-refractivity contribution < 1.29 is 0 Å². The Morgan fingerprint density at radius 2 is 2.25 bits per heavy atom. The third-order valence-corrected chi connectivity index (χ3v) is 3.67. The first-order valence-corrected chi connectivity index (χ1v) is 5.23. The first-order chi connectivity index (χ1) is 5.87. The number of fused-ring (bicyclic) bond motifs is 1. The van der Waals surface area contributed by atoms with Crippen molar-refractivity contribution in [2.75, 3.05) is 6.54 Å². The summed E-state index contributed by atoms with van der Waals surface area (Å²) in [5, 5.41) is 3.72. The Kier molecular flexibility index (Phi) is 2.22. The summed E-state index contributed by atoms with van der Waals surface area (Å²) in [4.78, 5) is 0. The molecule has 2 fully saturated rings. The zero-order valence-corrected chi connectivity index (χ0v) is 7.81. The van der Waals surface area contributed by atoms with Gasteiger partial charge < -0.3 is 5.32 Å². The van der Waals surface area contributed by atoms with E-state index in [0.29, 0.717) is 5.54 Å². The molecular weight excluding hydrogens is 146 g/mol. The van der Waals surface area contributed by atoms with Gasteiger partial charge in [-0.3, -0.25) is 0 Å². The molecule has 0 spiro atoms. The van der Waals surface area contributed by atoms with Crippen LogP contribution in [0.15, 0.2) is 12.7 Å². The van der Waals surface area contributed by atoms with Gasteiger partial charge in [0.05, 0.1) is 0 Å². The smallest absolute Gasteiger partial charge is 0.0243 e. The van der Waals surface area contributed by atoms with E-state index in [-0.39, 0.29) is 0 Å². The van der Waals surface area contributed by atoms with Crippen LogP contribution in [0, 0.1) is 5.92 Å². The van der Waals surface area contributed by atoms with Crippen LogP contribution < -0.4 is 5.32 Å². The van der Waals surface area contributed by atoms with Gasteiger partial charge in [0.15, 0.2) is 0 Å². The standard InChI is InChI=1S/C11H19N/c1-2-7-11-8-3-5-10(11)6-4-9-12-11/h2,10,12H,1,3-9H2/t10-,11-/m1/s1. The lowest BCUT2D eigenvalue weighted by Crippen LogP contribution is -2.51. The van der Waals surface area contributed by atoms with Crippen LogP contribution in [0.5, 0.6) is 0 Å². The molecule has 1 saturated heterocycles. The Morgan fingerprint density at radius 3 is 3.08 bits per heavy atom. The molecule has 0 amide bonds. The molecule has 1 nitrogen and oxygen atoms in total. The van der Waals surface area contributed by atoms with E-state index < -0.39 is 0 Å². The molecule has 0 aromatic heterocycles. The first-order valence-electron chi connectivity index (χ1n) is 5.23. The van der Waals surface area contributed by atoms with E-state index in [1.165, 1.54) is 45.1 Å². The third-order valence-electron chi connectivity index (χ3n) is 3.67. The van der Waals surface area contributed by atoms with Crippen LogP contribution in [-0.2, 0) is 0 Å². The minimum absolute atomic E-state index is 0.472. The van der Waals surface area contributed by atoms with Crippen molar-refractivity contribution in [2.24, 2.45) is 5.92 Å². The molecule has 1 heterocycles. The van der Waals surface area contributed by atoms with Crippen molar-refractivity contribution in [3.05, 3.63) is 12.7 Å². The van der Waals surface area contributed by atoms with E-state index in [4.69, 9.17) is 0 Å². The first kappa shape index (κ1) is 8.31. The highest BCUT2D eigenvalue weighted by Gasteiger charge is 2.42. The molecule has 2 aliphatic rings. The number of hydrogen-bond acceptors (Lipinski definition) is 1. The molecule has 1 aliphatic heterocycles. The predicted molar refractivity (Wildman–Crippen MR) is 52.1 cm³/mol. The molecule has 0 bridgehead atoms. The van der Waals surface area contributed by atoms with E-state index in [1.54, 1.807) is 0 Å². The SMILES string of the molecule is C=CC[C@@]12CCC[C@@H]1CCCN2. The van der Waals surface area contributed by atoms with E-state index in [2.05, 4.69) is 18.0 Å². The quantitative estimate of drug-likeness (QED) is 0.620. The molecule has 68 valence electrons. The van der Waals surface area contributed by atoms with Crippen molar-refractivity contribution in [1.29, 1.82) is 0 Å². The predicted octanol–water partition coefficient (Wildman–Crippen LogP) is 2.48. The monoisotopic (exact) mass is 165 g/mol.